The zero-order chi connectivity index (χ0) is 19.8. The molecule has 27 heavy (non-hydrogen) atoms. The van der Waals surface area contributed by atoms with Crippen molar-refractivity contribution in [3.8, 4) is 0 Å². The van der Waals surface area contributed by atoms with Crippen molar-refractivity contribution in [2.24, 2.45) is 14.1 Å². The molecular formula is C19H21N3O4S. The van der Waals surface area contributed by atoms with E-state index in [0.29, 0.717) is 16.7 Å². The molecule has 0 saturated carbocycles. The van der Waals surface area contributed by atoms with Gasteiger partial charge in [0.1, 0.15) is 5.75 Å². The lowest BCUT2D eigenvalue weighted by molar-refractivity contribution is -0.113. The van der Waals surface area contributed by atoms with E-state index in [4.69, 9.17) is 0 Å². The number of rotatable bonds is 5. The van der Waals surface area contributed by atoms with Gasteiger partial charge in [-0.3, -0.25) is 13.9 Å². The minimum absolute atomic E-state index is 0.00938. The molecule has 142 valence electrons. The lowest BCUT2D eigenvalue weighted by Gasteiger charge is -2.10. The molecule has 1 aromatic heterocycles. The Bertz CT molecular complexity index is 1190. The molecular weight excluding hydrogens is 366 g/mol. The molecule has 7 nitrogen and oxygen atoms in total. The van der Waals surface area contributed by atoms with Crippen molar-refractivity contribution < 1.29 is 13.2 Å². The number of imidazole rings is 1. The number of aromatic nitrogens is 2. The smallest absolute Gasteiger partial charge is 0.325 e. The van der Waals surface area contributed by atoms with Gasteiger partial charge in [0.2, 0.25) is 5.91 Å². The Balaban J connectivity index is 1.88. The summed E-state index contributed by atoms with van der Waals surface area (Å²) in [4.78, 5) is 24.3. The molecule has 0 bridgehead atoms. The first-order chi connectivity index (χ1) is 12.7. The normalized spacial score (nSPS) is 11.7. The first-order valence-corrected chi connectivity index (χ1v) is 10.2. The second kappa shape index (κ2) is 7.03. The third-order valence-electron chi connectivity index (χ3n) is 4.60. The summed E-state index contributed by atoms with van der Waals surface area (Å²) in [5, 5.41) is 2.67. The summed E-state index contributed by atoms with van der Waals surface area (Å²) in [6.07, 6.45) is 0.724. The molecule has 1 heterocycles. The number of para-hydroxylation sites is 1. The number of hydrogen-bond donors (Lipinski definition) is 1. The van der Waals surface area contributed by atoms with Gasteiger partial charge in [0.25, 0.3) is 0 Å². The van der Waals surface area contributed by atoms with Crippen LogP contribution in [0.4, 0.5) is 5.69 Å². The molecule has 3 aromatic rings. The monoisotopic (exact) mass is 387 g/mol. The average molecular weight is 387 g/mol. The van der Waals surface area contributed by atoms with E-state index in [0.717, 1.165) is 12.0 Å². The number of anilines is 1. The number of fused-ring (bicyclic) bond motifs is 1. The lowest BCUT2D eigenvalue weighted by Crippen LogP contribution is -2.23. The average Bonchev–Trinajstić information content (AvgIpc) is 2.85. The molecule has 0 fully saturated rings. The summed E-state index contributed by atoms with van der Waals surface area (Å²) in [5.41, 5.74) is 2.43. The molecule has 8 heteroatoms. The van der Waals surface area contributed by atoms with Crippen LogP contribution in [0, 0.1) is 0 Å². The molecule has 0 radical (unpaired) electrons. The minimum atomic E-state index is -3.85. The predicted octanol–water partition coefficient (Wildman–Crippen LogP) is 1.85. The van der Waals surface area contributed by atoms with Crippen LogP contribution in [0.2, 0.25) is 0 Å². The maximum Gasteiger partial charge on any atom is 0.328 e. The minimum Gasteiger partial charge on any atom is -0.325 e. The highest BCUT2D eigenvalue weighted by Gasteiger charge is 2.21. The van der Waals surface area contributed by atoms with E-state index in [1.807, 2.05) is 19.1 Å². The van der Waals surface area contributed by atoms with Gasteiger partial charge in [0.15, 0.2) is 9.84 Å². The molecule has 3 rings (SSSR count). The van der Waals surface area contributed by atoms with Crippen molar-refractivity contribution in [1.82, 2.24) is 9.13 Å². The van der Waals surface area contributed by atoms with Crippen molar-refractivity contribution in [3.05, 3.63) is 58.5 Å². The second-order valence-electron chi connectivity index (χ2n) is 6.37. The van der Waals surface area contributed by atoms with E-state index >= 15 is 0 Å². The van der Waals surface area contributed by atoms with Gasteiger partial charge in [-0.1, -0.05) is 25.1 Å². The highest BCUT2D eigenvalue weighted by atomic mass is 32.2. The maximum absolute atomic E-state index is 12.7. The quantitative estimate of drug-likeness (QED) is 0.723. The fourth-order valence-corrected chi connectivity index (χ4v) is 4.22. The zero-order valence-corrected chi connectivity index (χ0v) is 16.2. The summed E-state index contributed by atoms with van der Waals surface area (Å²) in [7, 11) is -0.646. The first-order valence-electron chi connectivity index (χ1n) is 8.50. The fourth-order valence-electron chi connectivity index (χ4n) is 3.07. The summed E-state index contributed by atoms with van der Waals surface area (Å²) < 4.78 is 28.2. The van der Waals surface area contributed by atoms with Crippen LogP contribution in [0.1, 0.15) is 12.5 Å². The largest absolute Gasteiger partial charge is 0.328 e. The van der Waals surface area contributed by atoms with Gasteiger partial charge < -0.3 is 5.32 Å². The van der Waals surface area contributed by atoms with Crippen LogP contribution in [0.25, 0.3) is 11.0 Å². The number of nitrogens with zero attached hydrogens (tertiary/aromatic N) is 2. The van der Waals surface area contributed by atoms with E-state index in [-0.39, 0.29) is 10.6 Å². The second-order valence-corrected chi connectivity index (χ2v) is 8.36. The van der Waals surface area contributed by atoms with Crippen LogP contribution in [0.5, 0.6) is 0 Å². The molecule has 0 unspecified atom stereocenters. The first kappa shape index (κ1) is 18.9. The predicted molar refractivity (Wildman–Crippen MR) is 105 cm³/mol. The topological polar surface area (TPSA) is 90.2 Å². The van der Waals surface area contributed by atoms with Crippen molar-refractivity contribution in [2.75, 3.05) is 11.1 Å². The molecule has 0 aliphatic heterocycles. The standard InChI is InChI=1S/C19H21N3O4S/c1-4-13-7-5-6-8-15(13)20-18(23)12-27(25,26)14-9-10-16-17(11-14)22(3)19(24)21(16)2/h5-11H,4,12H2,1-3H3,(H,20,23). The van der Waals surface area contributed by atoms with Crippen LogP contribution in [-0.2, 0) is 35.1 Å². The van der Waals surface area contributed by atoms with E-state index in [2.05, 4.69) is 5.32 Å². The molecule has 0 spiro atoms. The van der Waals surface area contributed by atoms with E-state index < -0.39 is 21.5 Å². The summed E-state index contributed by atoms with van der Waals surface area (Å²) in [6.45, 7) is 1.96. The lowest BCUT2D eigenvalue weighted by atomic mass is 10.1. The fraction of sp³-hybridized carbons (Fsp3) is 0.263. The Hall–Kier alpha value is -2.87. The maximum atomic E-state index is 12.7. The Morgan fingerprint density at radius 3 is 2.41 bits per heavy atom. The summed E-state index contributed by atoms with van der Waals surface area (Å²) in [5.74, 6) is -1.27. The number of sulfone groups is 1. The van der Waals surface area contributed by atoms with Gasteiger partial charge in [0, 0.05) is 19.8 Å². The third kappa shape index (κ3) is 3.52. The zero-order valence-electron chi connectivity index (χ0n) is 15.4. The van der Waals surface area contributed by atoms with E-state index in [1.54, 1.807) is 32.3 Å². The van der Waals surface area contributed by atoms with Crippen LogP contribution in [0.15, 0.2) is 52.2 Å². The Labute approximate surface area is 157 Å². The molecule has 1 N–H and O–H groups in total. The number of carbonyl (C=O) groups is 1. The van der Waals surface area contributed by atoms with Gasteiger partial charge >= 0.3 is 5.69 Å². The van der Waals surface area contributed by atoms with Crippen LogP contribution >= 0.6 is 0 Å². The number of benzene rings is 2. The number of hydrogen-bond acceptors (Lipinski definition) is 4. The van der Waals surface area contributed by atoms with Gasteiger partial charge in [0.05, 0.1) is 15.9 Å². The molecule has 2 aromatic carbocycles. The summed E-state index contributed by atoms with van der Waals surface area (Å²) in [6, 6.07) is 11.7. The van der Waals surface area contributed by atoms with Gasteiger partial charge in [-0.05, 0) is 36.2 Å². The summed E-state index contributed by atoms with van der Waals surface area (Å²) >= 11 is 0. The Kier molecular flexibility index (Phi) is 4.93. The molecule has 0 aliphatic carbocycles. The van der Waals surface area contributed by atoms with Gasteiger partial charge in [-0.25, -0.2) is 13.2 Å². The van der Waals surface area contributed by atoms with E-state index in [1.165, 1.54) is 21.3 Å². The van der Waals surface area contributed by atoms with Crippen molar-refractivity contribution in [2.45, 2.75) is 18.2 Å². The van der Waals surface area contributed by atoms with Crippen LogP contribution in [-0.4, -0.2) is 29.2 Å². The highest BCUT2D eigenvalue weighted by molar-refractivity contribution is 7.92. The van der Waals surface area contributed by atoms with E-state index in [9.17, 15) is 18.0 Å². The van der Waals surface area contributed by atoms with Crippen LogP contribution < -0.4 is 11.0 Å². The number of carbonyl (C=O) groups excluding carboxylic acids is 1. The number of amides is 1. The van der Waals surface area contributed by atoms with Crippen molar-refractivity contribution in [3.63, 3.8) is 0 Å². The number of aryl methyl sites for hydroxylation is 3. The van der Waals surface area contributed by atoms with Gasteiger partial charge in [-0.2, -0.15) is 0 Å². The molecule has 0 saturated heterocycles. The molecule has 1 amide bonds. The SMILES string of the molecule is CCc1ccccc1NC(=O)CS(=O)(=O)c1ccc2c(c1)n(C)c(=O)n2C. The third-order valence-corrected chi connectivity index (χ3v) is 6.21. The van der Waals surface area contributed by atoms with Crippen molar-refractivity contribution >= 4 is 32.5 Å². The molecule has 0 atom stereocenters. The highest BCUT2D eigenvalue weighted by Crippen LogP contribution is 2.20. The van der Waals surface area contributed by atoms with Crippen molar-refractivity contribution in [1.29, 1.82) is 0 Å². The molecule has 0 aliphatic rings. The number of nitrogens with one attached hydrogen (secondary N) is 1. The Morgan fingerprint density at radius 1 is 1.04 bits per heavy atom. The van der Waals surface area contributed by atoms with Gasteiger partial charge in [-0.15, -0.1) is 0 Å². The van der Waals surface area contributed by atoms with Crippen LogP contribution in [0.3, 0.4) is 0 Å². The Morgan fingerprint density at radius 2 is 1.70 bits per heavy atom.